The van der Waals surface area contributed by atoms with Crippen molar-refractivity contribution >= 4 is 0 Å². The third-order valence-corrected chi connectivity index (χ3v) is 2.46. The Hall–Kier alpha value is -1.27. The monoisotopic (exact) mass is 263 g/mol. The Balaban J connectivity index is 2.20. The summed E-state index contributed by atoms with van der Waals surface area (Å²) in [6.45, 7) is 0.290. The zero-order valence-corrected chi connectivity index (χ0v) is 9.78. The minimum atomic E-state index is -4.80. The second kappa shape index (κ2) is 6.06. The van der Waals surface area contributed by atoms with Crippen LogP contribution in [0.4, 0.5) is 13.2 Å². The van der Waals surface area contributed by atoms with E-state index in [2.05, 4.69) is 0 Å². The number of benzene rings is 1. The zero-order chi connectivity index (χ0) is 13.6. The highest BCUT2D eigenvalue weighted by atomic mass is 19.4. The number of unbranched alkanes of at least 4 members (excludes halogenated alkanes) is 1. The van der Waals surface area contributed by atoms with Crippen LogP contribution in [0.2, 0.25) is 0 Å². The molecule has 1 aromatic rings. The minimum Gasteiger partial charge on any atom is -0.494 e. The summed E-state index contributed by atoms with van der Waals surface area (Å²) in [5.41, 5.74) is 1.67. The molecule has 1 rings (SSSR count). The highest BCUT2D eigenvalue weighted by Gasteiger charge is 2.50. The number of aliphatic hydroxyl groups is 1. The number of hydrogen-bond donors (Lipinski definition) is 2. The van der Waals surface area contributed by atoms with E-state index in [1.165, 1.54) is 0 Å². The average molecular weight is 263 g/mol. The number of alkyl halides is 3. The summed E-state index contributed by atoms with van der Waals surface area (Å²) in [6.07, 6.45) is -4.80. The van der Waals surface area contributed by atoms with Gasteiger partial charge in [-0.25, -0.2) is 0 Å². The smallest absolute Gasteiger partial charge is 0.430 e. The van der Waals surface area contributed by atoms with Gasteiger partial charge in [0, 0.05) is 0 Å². The molecule has 0 aliphatic heterocycles. The van der Waals surface area contributed by atoms with Crippen LogP contribution in [0, 0.1) is 0 Å². The maximum atomic E-state index is 12.2. The van der Waals surface area contributed by atoms with Gasteiger partial charge in [0.1, 0.15) is 5.75 Å². The molecule has 0 aromatic heterocycles. The second-order valence-corrected chi connectivity index (χ2v) is 4.04. The molecule has 0 heterocycles. The molecular weight excluding hydrogens is 247 g/mol. The molecule has 1 unspecified atom stereocenters. The van der Waals surface area contributed by atoms with Crippen LogP contribution in [-0.4, -0.2) is 23.6 Å². The fraction of sp³-hybridized carbons (Fsp3) is 0.500. The molecule has 0 aliphatic carbocycles. The van der Waals surface area contributed by atoms with Crippen molar-refractivity contribution in [3.63, 3.8) is 0 Å². The summed E-state index contributed by atoms with van der Waals surface area (Å²) < 4.78 is 41.9. The summed E-state index contributed by atoms with van der Waals surface area (Å²) in [5.74, 6) is 0.663. The summed E-state index contributed by atoms with van der Waals surface area (Å²) >= 11 is 0. The number of rotatable bonds is 6. The van der Waals surface area contributed by atoms with Crippen molar-refractivity contribution in [1.82, 2.24) is 0 Å². The van der Waals surface area contributed by atoms with Crippen LogP contribution >= 0.6 is 0 Å². The molecule has 0 bridgehead atoms. The molecule has 1 aromatic carbocycles. The summed E-state index contributed by atoms with van der Waals surface area (Å²) in [6, 6.07) is 8.96. The molecule has 0 spiro atoms. The standard InChI is InChI=1S/C12H16F3NO2/c13-12(14,15)11(16,17)8-4-5-9-18-10-6-2-1-3-7-10/h1-3,6-7,17H,4-5,8-9,16H2. The molecule has 0 saturated carbocycles. The molecule has 6 heteroatoms. The van der Waals surface area contributed by atoms with Gasteiger partial charge in [-0.05, 0) is 31.4 Å². The second-order valence-electron chi connectivity index (χ2n) is 4.04. The maximum absolute atomic E-state index is 12.2. The normalized spacial score (nSPS) is 15.2. The van der Waals surface area contributed by atoms with Crippen molar-refractivity contribution in [3.05, 3.63) is 30.3 Å². The SMILES string of the molecule is NC(O)(CCCCOc1ccccc1)C(F)(F)F. The van der Waals surface area contributed by atoms with Gasteiger partial charge in [-0.3, -0.25) is 5.73 Å². The molecule has 0 amide bonds. The van der Waals surface area contributed by atoms with Gasteiger partial charge in [-0.1, -0.05) is 18.2 Å². The first-order chi connectivity index (χ1) is 8.33. The minimum absolute atomic E-state index is 0.138. The average Bonchev–Trinajstić information content (AvgIpc) is 2.28. The van der Waals surface area contributed by atoms with Crippen LogP contribution in [0.5, 0.6) is 5.75 Å². The quantitative estimate of drug-likeness (QED) is 0.612. The van der Waals surface area contributed by atoms with Crippen molar-refractivity contribution in [1.29, 1.82) is 0 Å². The lowest BCUT2D eigenvalue weighted by atomic mass is 10.1. The number of hydrogen-bond acceptors (Lipinski definition) is 3. The molecule has 1 atom stereocenters. The molecule has 3 N–H and O–H groups in total. The lowest BCUT2D eigenvalue weighted by molar-refractivity contribution is -0.260. The van der Waals surface area contributed by atoms with E-state index in [9.17, 15) is 13.2 Å². The van der Waals surface area contributed by atoms with E-state index in [0.717, 1.165) is 0 Å². The van der Waals surface area contributed by atoms with Crippen molar-refractivity contribution in [2.45, 2.75) is 31.2 Å². The van der Waals surface area contributed by atoms with E-state index >= 15 is 0 Å². The van der Waals surface area contributed by atoms with Crippen LogP contribution in [-0.2, 0) is 0 Å². The van der Waals surface area contributed by atoms with Crippen LogP contribution in [0.3, 0.4) is 0 Å². The molecule has 0 saturated heterocycles. The van der Waals surface area contributed by atoms with E-state index in [1.807, 2.05) is 6.07 Å². The van der Waals surface area contributed by atoms with Crippen LogP contribution in [0.15, 0.2) is 30.3 Å². The largest absolute Gasteiger partial charge is 0.494 e. The highest BCUT2D eigenvalue weighted by Crippen LogP contribution is 2.29. The van der Waals surface area contributed by atoms with Crippen molar-refractivity contribution < 1.29 is 23.0 Å². The Morgan fingerprint density at radius 3 is 2.28 bits per heavy atom. The number of nitrogens with two attached hydrogens (primary N) is 1. The molecule has 3 nitrogen and oxygen atoms in total. The zero-order valence-electron chi connectivity index (χ0n) is 9.78. The third kappa shape index (κ3) is 4.54. The van der Waals surface area contributed by atoms with Gasteiger partial charge >= 0.3 is 6.18 Å². The van der Waals surface area contributed by atoms with Gasteiger partial charge in [0.15, 0.2) is 0 Å². The lowest BCUT2D eigenvalue weighted by Gasteiger charge is -2.25. The van der Waals surface area contributed by atoms with Gasteiger partial charge < -0.3 is 9.84 Å². The Labute approximate surface area is 103 Å². The molecule has 0 aliphatic rings. The molecule has 0 radical (unpaired) electrons. The Kier molecular flexibility index (Phi) is 4.98. The van der Waals surface area contributed by atoms with E-state index in [0.29, 0.717) is 12.2 Å². The van der Waals surface area contributed by atoms with Crippen molar-refractivity contribution in [2.24, 2.45) is 5.73 Å². The first-order valence-electron chi connectivity index (χ1n) is 5.59. The molecule has 0 fully saturated rings. The maximum Gasteiger partial charge on any atom is 0.430 e. The summed E-state index contributed by atoms with van der Waals surface area (Å²) in [5, 5.41) is 8.98. The fourth-order valence-electron chi connectivity index (χ4n) is 1.35. The van der Waals surface area contributed by atoms with Gasteiger partial charge in [0.25, 0.3) is 0 Å². The number of para-hydroxylation sites is 1. The van der Waals surface area contributed by atoms with Gasteiger partial charge in [-0.15, -0.1) is 0 Å². The van der Waals surface area contributed by atoms with Crippen molar-refractivity contribution in [2.75, 3.05) is 6.61 Å². The number of ether oxygens (including phenoxy) is 1. The Bertz CT molecular complexity index is 352. The predicted octanol–water partition coefficient (Wildman–Crippen LogP) is 2.45. The predicted molar refractivity (Wildman–Crippen MR) is 61.0 cm³/mol. The van der Waals surface area contributed by atoms with E-state index in [4.69, 9.17) is 15.6 Å². The third-order valence-electron chi connectivity index (χ3n) is 2.46. The topological polar surface area (TPSA) is 55.5 Å². The molecular formula is C12H16F3NO2. The Morgan fingerprint density at radius 1 is 1.11 bits per heavy atom. The first kappa shape index (κ1) is 14.8. The molecule has 18 heavy (non-hydrogen) atoms. The van der Waals surface area contributed by atoms with Gasteiger partial charge in [0.2, 0.25) is 5.72 Å². The van der Waals surface area contributed by atoms with E-state index in [-0.39, 0.29) is 13.0 Å². The summed E-state index contributed by atoms with van der Waals surface area (Å²) in [7, 11) is 0. The first-order valence-corrected chi connectivity index (χ1v) is 5.59. The molecule has 102 valence electrons. The van der Waals surface area contributed by atoms with Crippen LogP contribution in [0.1, 0.15) is 19.3 Å². The number of halogens is 3. The van der Waals surface area contributed by atoms with Crippen molar-refractivity contribution in [3.8, 4) is 5.75 Å². The Morgan fingerprint density at radius 2 is 1.72 bits per heavy atom. The highest BCUT2D eigenvalue weighted by molar-refractivity contribution is 5.20. The van der Waals surface area contributed by atoms with E-state index in [1.54, 1.807) is 24.3 Å². The fourth-order valence-corrected chi connectivity index (χ4v) is 1.35. The van der Waals surface area contributed by atoms with Crippen LogP contribution in [0.25, 0.3) is 0 Å². The lowest BCUT2D eigenvalue weighted by Crippen LogP contribution is -2.53. The van der Waals surface area contributed by atoms with Gasteiger partial charge in [-0.2, -0.15) is 13.2 Å². The van der Waals surface area contributed by atoms with E-state index < -0.39 is 18.3 Å². The van der Waals surface area contributed by atoms with Gasteiger partial charge in [0.05, 0.1) is 6.61 Å². The summed E-state index contributed by atoms with van der Waals surface area (Å²) in [4.78, 5) is 0. The van der Waals surface area contributed by atoms with Crippen LogP contribution < -0.4 is 10.5 Å².